The van der Waals surface area contributed by atoms with Crippen LogP contribution in [-0.4, -0.2) is 24.7 Å². The fraction of sp³-hybridized carbons (Fsp3) is 0.136. The van der Waals surface area contributed by atoms with Gasteiger partial charge >= 0.3 is 0 Å². The molecule has 0 saturated carbocycles. The number of nitrogens with one attached hydrogen (secondary N) is 2. The Bertz CT molecular complexity index is 1340. The molecule has 0 aliphatic heterocycles. The number of nitrogens with zero attached hydrogens (tertiary/aromatic N) is 4. The van der Waals surface area contributed by atoms with Crippen LogP contribution in [0.25, 0.3) is 0 Å². The van der Waals surface area contributed by atoms with Crippen molar-refractivity contribution in [1.29, 1.82) is 0 Å². The number of aryl methyl sites for hydroxylation is 1. The topological polar surface area (TPSA) is 59.7 Å². The molecule has 6 nitrogen and oxygen atoms in total. The summed E-state index contributed by atoms with van der Waals surface area (Å²) in [7, 11) is 0. The van der Waals surface area contributed by atoms with Gasteiger partial charge in [0.1, 0.15) is 0 Å². The number of halogens is 5. The highest BCUT2D eigenvalue weighted by Gasteiger charge is 2.25. The minimum atomic E-state index is -2.21. The van der Waals surface area contributed by atoms with E-state index in [4.69, 9.17) is 12.2 Å². The third kappa shape index (κ3) is 4.91. The molecular formula is C22H17F5N6S. The average Bonchev–Trinajstić information content (AvgIpc) is 3.44. The summed E-state index contributed by atoms with van der Waals surface area (Å²) in [5.74, 6) is -9.82. The van der Waals surface area contributed by atoms with Crippen molar-refractivity contribution in [3.63, 3.8) is 0 Å². The molecule has 0 fully saturated rings. The molecule has 4 rings (SSSR count). The molecule has 0 saturated heterocycles. The van der Waals surface area contributed by atoms with Crippen LogP contribution >= 0.6 is 12.2 Å². The molecule has 0 radical (unpaired) electrons. The molecule has 2 heterocycles. The van der Waals surface area contributed by atoms with Gasteiger partial charge < -0.3 is 10.6 Å². The molecular weight excluding hydrogens is 475 g/mol. The second-order valence-electron chi connectivity index (χ2n) is 7.38. The molecule has 0 spiro atoms. The highest BCUT2D eigenvalue weighted by Crippen LogP contribution is 2.24. The zero-order chi connectivity index (χ0) is 24.4. The smallest absolute Gasteiger partial charge is 0.200 e. The van der Waals surface area contributed by atoms with Crippen molar-refractivity contribution >= 4 is 28.8 Å². The summed E-state index contributed by atoms with van der Waals surface area (Å²) < 4.78 is 70.5. The number of rotatable bonds is 6. The molecule has 2 aromatic carbocycles. The van der Waals surface area contributed by atoms with Crippen molar-refractivity contribution < 1.29 is 22.0 Å². The fourth-order valence-electron chi connectivity index (χ4n) is 3.22. The normalized spacial score (nSPS) is 11.0. The Balaban J connectivity index is 1.38. The van der Waals surface area contributed by atoms with Crippen molar-refractivity contribution in [1.82, 2.24) is 19.6 Å². The molecule has 4 aromatic rings. The molecule has 0 bridgehead atoms. The predicted molar refractivity (Wildman–Crippen MR) is 120 cm³/mol. The summed E-state index contributed by atoms with van der Waals surface area (Å²) in [6, 6.07) is 9.38. The van der Waals surface area contributed by atoms with Gasteiger partial charge in [0.05, 0.1) is 30.5 Å². The van der Waals surface area contributed by atoms with Crippen LogP contribution in [0.3, 0.4) is 0 Å². The van der Waals surface area contributed by atoms with E-state index in [2.05, 4.69) is 20.8 Å². The van der Waals surface area contributed by atoms with Crippen LogP contribution in [0.1, 0.15) is 16.7 Å². The molecule has 0 aliphatic rings. The quantitative estimate of drug-likeness (QED) is 0.172. The minimum absolute atomic E-state index is 0.164. The van der Waals surface area contributed by atoms with Crippen molar-refractivity contribution in [3.05, 3.63) is 94.7 Å². The lowest BCUT2D eigenvalue weighted by atomic mass is 10.1. The maximum Gasteiger partial charge on any atom is 0.200 e. The second kappa shape index (κ2) is 9.59. The third-order valence-corrected chi connectivity index (χ3v) is 5.19. The van der Waals surface area contributed by atoms with Crippen LogP contribution in [0.2, 0.25) is 0 Å². The monoisotopic (exact) mass is 492 g/mol. The Morgan fingerprint density at radius 1 is 0.882 bits per heavy atom. The zero-order valence-corrected chi connectivity index (χ0v) is 18.4. The first kappa shape index (κ1) is 23.4. The van der Waals surface area contributed by atoms with Gasteiger partial charge in [-0.2, -0.15) is 10.2 Å². The highest BCUT2D eigenvalue weighted by atomic mass is 32.1. The predicted octanol–water partition coefficient (Wildman–Crippen LogP) is 4.99. The van der Waals surface area contributed by atoms with Crippen molar-refractivity contribution in [2.75, 3.05) is 10.6 Å². The van der Waals surface area contributed by atoms with E-state index in [1.165, 1.54) is 12.3 Å². The molecule has 0 unspecified atom stereocenters. The summed E-state index contributed by atoms with van der Waals surface area (Å²) in [4.78, 5) is 0. The Morgan fingerprint density at radius 3 is 2.26 bits per heavy atom. The first-order valence-corrected chi connectivity index (χ1v) is 10.3. The molecule has 12 heteroatoms. The lowest BCUT2D eigenvalue weighted by molar-refractivity contribution is 0.367. The van der Waals surface area contributed by atoms with Gasteiger partial charge in [-0.05, 0) is 30.3 Å². The molecule has 0 atom stereocenters. The van der Waals surface area contributed by atoms with Gasteiger partial charge in [-0.15, -0.1) is 0 Å². The minimum Gasteiger partial charge on any atom is -0.330 e. The van der Waals surface area contributed by atoms with Crippen LogP contribution in [0.15, 0.2) is 48.9 Å². The first-order chi connectivity index (χ1) is 16.2. The van der Waals surface area contributed by atoms with Crippen LogP contribution in [0.5, 0.6) is 0 Å². The van der Waals surface area contributed by atoms with E-state index < -0.39 is 41.2 Å². The van der Waals surface area contributed by atoms with E-state index in [1.807, 2.05) is 31.2 Å². The van der Waals surface area contributed by atoms with Crippen LogP contribution < -0.4 is 10.6 Å². The SMILES string of the molecule is Cc1ccccc1Cn1cc(NC(=S)Nc2ccn(Cc3c(F)c(F)c(F)c(F)c3F)n2)cn1. The first-order valence-electron chi connectivity index (χ1n) is 9.91. The number of anilines is 2. The maximum atomic E-state index is 13.9. The third-order valence-electron chi connectivity index (χ3n) is 4.99. The van der Waals surface area contributed by atoms with Crippen LogP contribution in [0, 0.1) is 36.0 Å². The number of aromatic nitrogens is 4. The number of benzene rings is 2. The van der Waals surface area contributed by atoms with Gasteiger partial charge in [0.2, 0.25) is 5.82 Å². The lowest BCUT2D eigenvalue weighted by Gasteiger charge is -2.09. The maximum absolute atomic E-state index is 13.9. The second-order valence-corrected chi connectivity index (χ2v) is 7.79. The molecule has 0 amide bonds. The van der Waals surface area contributed by atoms with E-state index in [0.717, 1.165) is 15.8 Å². The largest absolute Gasteiger partial charge is 0.330 e. The highest BCUT2D eigenvalue weighted by molar-refractivity contribution is 7.80. The van der Waals surface area contributed by atoms with Crippen LogP contribution in [0.4, 0.5) is 33.5 Å². The van der Waals surface area contributed by atoms with Gasteiger partial charge in [0.25, 0.3) is 0 Å². The van der Waals surface area contributed by atoms with Crippen molar-refractivity contribution in [2.24, 2.45) is 0 Å². The summed E-state index contributed by atoms with van der Waals surface area (Å²) in [5.41, 5.74) is 1.89. The lowest BCUT2D eigenvalue weighted by Crippen LogP contribution is -2.19. The zero-order valence-electron chi connectivity index (χ0n) is 17.6. The van der Waals surface area contributed by atoms with Gasteiger partial charge in [-0.1, -0.05) is 24.3 Å². The summed E-state index contributed by atoms with van der Waals surface area (Å²) in [5, 5.41) is 14.2. The standard InChI is InChI=1S/C22H17F5N6S/c1-12-4-2-3-5-13(12)9-33-10-14(8-28-33)29-22(34)30-16-6-7-32(31-16)11-15-17(23)19(25)21(27)20(26)18(15)24/h2-8,10H,9,11H2,1H3,(H2,29,30,31,34). The molecule has 0 aliphatic carbocycles. The molecule has 2 aromatic heterocycles. The Kier molecular flexibility index (Phi) is 6.59. The van der Waals surface area contributed by atoms with E-state index >= 15 is 0 Å². The Morgan fingerprint density at radius 2 is 1.56 bits per heavy atom. The van der Waals surface area contributed by atoms with Crippen LogP contribution in [-0.2, 0) is 13.1 Å². The summed E-state index contributed by atoms with van der Waals surface area (Å²) in [6.45, 7) is 1.93. The van der Waals surface area contributed by atoms with Gasteiger partial charge in [0, 0.05) is 18.5 Å². The van der Waals surface area contributed by atoms with Crippen molar-refractivity contribution in [2.45, 2.75) is 20.0 Å². The van der Waals surface area contributed by atoms with E-state index in [-0.39, 0.29) is 10.9 Å². The number of hydrogen-bond acceptors (Lipinski definition) is 3. The number of thiocarbonyl (C=S) groups is 1. The van der Waals surface area contributed by atoms with Gasteiger partial charge in [0.15, 0.2) is 34.2 Å². The molecule has 176 valence electrons. The molecule has 34 heavy (non-hydrogen) atoms. The fourth-order valence-corrected chi connectivity index (χ4v) is 3.45. The summed E-state index contributed by atoms with van der Waals surface area (Å²) in [6.07, 6.45) is 4.67. The number of hydrogen-bond donors (Lipinski definition) is 2. The van der Waals surface area contributed by atoms with E-state index in [1.54, 1.807) is 17.1 Å². The molecule has 2 N–H and O–H groups in total. The van der Waals surface area contributed by atoms with Crippen molar-refractivity contribution in [3.8, 4) is 0 Å². The summed E-state index contributed by atoms with van der Waals surface area (Å²) >= 11 is 5.24. The average molecular weight is 492 g/mol. The van der Waals surface area contributed by atoms with E-state index in [0.29, 0.717) is 12.2 Å². The van der Waals surface area contributed by atoms with Gasteiger partial charge in [-0.3, -0.25) is 9.36 Å². The van der Waals surface area contributed by atoms with E-state index in [9.17, 15) is 22.0 Å². The van der Waals surface area contributed by atoms with Gasteiger partial charge in [-0.25, -0.2) is 22.0 Å². The Labute approximate surface area is 196 Å². The Hall–Kier alpha value is -3.80.